The van der Waals surface area contributed by atoms with Crippen molar-refractivity contribution in [1.82, 2.24) is 20.1 Å². The number of rotatable bonds is 5. The summed E-state index contributed by atoms with van der Waals surface area (Å²) in [6.07, 6.45) is 5.61. The summed E-state index contributed by atoms with van der Waals surface area (Å²) in [5, 5.41) is 8.08. The van der Waals surface area contributed by atoms with Gasteiger partial charge in [-0.05, 0) is 30.7 Å². The molecule has 0 N–H and O–H groups in total. The first kappa shape index (κ1) is 15.8. The van der Waals surface area contributed by atoms with Gasteiger partial charge in [-0.1, -0.05) is 6.07 Å². The summed E-state index contributed by atoms with van der Waals surface area (Å²) in [6.45, 7) is 5.63. The van der Waals surface area contributed by atoms with Crippen LogP contribution in [0.1, 0.15) is 18.5 Å². The predicted molar refractivity (Wildman–Crippen MR) is 89.3 cm³/mol. The maximum atomic E-state index is 5.94. The number of likely N-dealkylation sites (N-methyl/N-ethyl adjacent to an activating group) is 1. The first-order chi connectivity index (χ1) is 11.2. The van der Waals surface area contributed by atoms with E-state index in [1.807, 2.05) is 37.6 Å². The topological polar surface area (TPSA) is 54.4 Å². The molecule has 1 aliphatic heterocycles. The third-order valence-corrected chi connectivity index (χ3v) is 4.31. The number of hydrogen-bond donors (Lipinski definition) is 0. The smallest absolute Gasteiger partial charge is 0.151 e. The fraction of sp³-hybridized carbons (Fsp3) is 0.471. The normalized spacial score (nSPS) is 20.2. The van der Waals surface area contributed by atoms with Crippen molar-refractivity contribution >= 4 is 5.82 Å². The maximum absolute atomic E-state index is 5.94. The molecular formula is C17H23N5O. The second-order valence-corrected chi connectivity index (χ2v) is 5.91. The molecule has 0 radical (unpaired) electrons. The Morgan fingerprint density at radius 3 is 2.96 bits per heavy atom. The lowest BCUT2D eigenvalue weighted by molar-refractivity contribution is -0.0368. The van der Waals surface area contributed by atoms with Gasteiger partial charge in [0, 0.05) is 51.3 Å². The first-order valence-electron chi connectivity index (χ1n) is 7.98. The summed E-state index contributed by atoms with van der Waals surface area (Å²) in [6, 6.07) is 8.33. The Labute approximate surface area is 137 Å². The van der Waals surface area contributed by atoms with Gasteiger partial charge < -0.3 is 9.64 Å². The third kappa shape index (κ3) is 4.03. The highest BCUT2D eigenvalue weighted by atomic mass is 16.5. The molecule has 0 amide bonds. The van der Waals surface area contributed by atoms with E-state index in [4.69, 9.17) is 4.74 Å². The average molecular weight is 313 g/mol. The molecule has 6 heteroatoms. The van der Waals surface area contributed by atoms with Gasteiger partial charge in [-0.25, -0.2) is 0 Å². The fourth-order valence-corrected chi connectivity index (χ4v) is 2.93. The molecule has 3 heterocycles. The van der Waals surface area contributed by atoms with E-state index < -0.39 is 0 Å². The number of hydrogen-bond acceptors (Lipinski definition) is 6. The van der Waals surface area contributed by atoms with Crippen molar-refractivity contribution in [2.75, 3.05) is 38.2 Å². The molecule has 0 aliphatic carbocycles. The van der Waals surface area contributed by atoms with Gasteiger partial charge in [0.2, 0.25) is 0 Å². The largest absolute Gasteiger partial charge is 0.374 e. The number of morpholine rings is 1. The minimum atomic E-state index is 0.162. The molecule has 0 saturated carbocycles. The summed E-state index contributed by atoms with van der Waals surface area (Å²) in [7, 11) is 2.02. The lowest BCUT2D eigenvalue weighted by Gasteiger charge is -2.38. The summed E-state index contributed by atoms with van der Waals surface area (Å²) in [5.74, 6) is 0.869. The van der Waals surface area contributed by atoms with Crippen molar-refractivity contribution in [3.8, 4) is 0 Å². The highest BCUT2D eigenvalue weighted by Gasteiger charge is 2.26. The van der Waals surface area contributed by atoms with Gasteiger partial charge in [0.05, 0.1) is 12.7 Å². The SMILES string of the molecule is CC(c1cccnc1)N1CCOC(CN(C)c2cccnn2)C1. The van der Waals surface area contributed by atoms with Gasteiger partial charge in [-0.2, -0.15) is 5.10 Å². The van der Waals surface area contributed by atoms with Crippen LogP contribution in [0.3, 0.4) is 0 Å². The van der Waals surface area contributed by atoms with E-state index in [1.54, 1.807) is 6.20 Å². The van der Waals surface area contributed by atoms with Crippen LogP contribution in [0.2, 0.25) is 0 Å². The molecule has 1 fully saturated rings. The van der Waals surface area contributed by atoms with Crippen molar-refractivity contribution in [1.29, 1.82) is 0 Å². The summed E-state index contributed by atoms with van der Waals surface area (Å²) in [4.78, 5) is 8.77. The molecule has 23 heavy (non-hydrogen) atoms. The highest BCUT2D eigenvalue weighted by Crippen LogP contribution is 2.22. The van der Waals surface area contributed by atoms with Crippen molar-refractivity contribution in [2.24, 2.45) is 0 Å². The summed E-state index contributed by atoms with van der Waals surface area (Å²) < 4.78 is 5.94. The quantitative estimate of drug-likeness (QED) is 0.838. The van der Waals surface area contributed by atoms with Crippen molar-refractivity contribution in [3.63, 3.8) is 0 Å². The second-order valence-electron chi connectivity index (χ2n) is 5.91. The number of nitrogens with zero attached hydrogens (tertiary/aromatic N) is 5. The van der Waals surface area contributed by atoms with Crippen LogP contribution in [0.4, 0.5) is 5.82 Å². The molecule has 2 unspecified atom stereocenters. The minimum Gasteiger partial charge on any atom is -0.374 e. The Kier molecular flexibility index (Phi) is 5.15. The van der Waals surface area contributed by atoms with Crippen LogP contribution in [-0.4, -0.2) is 59.5 Å². The van der Waals surface area contributed by atoms with Gasteiger partial charge in [-0.3, -0.25) is 9.88 Å². The zero-order chi connectivity index (χ0) is 16.1. The van der Waals surface area contributed by atoms with E-state index in [0.29, 0.717) is 6.04 Å². The molecule has 1 saturated heterocycles. The van der Waals surface area contributed by atoms with E-state index in [2.05, 4.69) is 38.0 Å². The number of pyridine rings is 1. The van der Waals surface area contributed by atoms with Crippen molar-refractivity contribution in [2.45, 2.75) is 19.1 Å². The molecule has 3 rings (SSSR count). The molecule has 0 bridgehead atoms. The van der Waals surface area contributed by atoms with Crippen LogP contribution in [0.15, 0.2) is 42.9 Å². The fourth-order valence-electron chi connectivity index (χ4n) is 2.93. The van der Waals surface area contributed by atoms with Gasteiger partial charge in [-0.15, -0.1) is 5.10 Å². The highest BCUT2D eigenvalue weighted by molar-refractivity contribution is 5.35. The molecule has 0 aromatic carbocycles. The standard InChI is InChI=1S/C17H23N5O/c1-14(15-5-3-7-18-11-15)22-9-10-23-16(13-22)12-21(2)17-6-4-8-19-20-17/h3-8,11,14,16H,9-10,12-13H2,1-2H3. The van der Waals surface area contributed by atoms with E-state index in [1.165, 1.54) is 5.56 Å². The van der Waals surface area contributed by atoms with E-state index in [9.17, 15) is 0 Å². The predicted octanol–water partition coefficient (Wildman–Crippen LogP) is 1.77. The van der Waals surface area contributed by atoms with Crippen LogP contribution in [-0.2, 0) is 4.74 Å². The van der Waals surface area contributed by atoms with Gasteiger partial charge in [0.15, 0.2) is 5.82 Å². The minimum absolute atomic E-state index is 0.162. The van der Waals surface area contributed by atoms with Gasteiger partial charge in [0.25, 0.3) is 0 Å². The molecule has 2 aromatic heterocycles. The maximum Gasteiger partial charge on any atom is 0.151 e. The second kappa shape index (κ2) is 7.48. The Balaban J connectivity index is 1.60. The van der Waals surface area contributed by atoms with Crippen molar-refractivity contribution in [3.05, 3.63) is 48.4 Å². The van der Waals surface area contributed by atoms with Crippen LogP contribution in [0.5, 0.6) is 0 Å². The van der Waals surface area contributed by atoms with Crippen molar-refractivity contribution < 1.29 is 4.74 Å². The van der Waals surface area contributed by atoms with Crippen LogP contribution < -0.4 is 4.90 Å². The van der Waals surface area contributed by atoms with Crippen LogP contribution in [0, 0.1) is 0 Å². The lowest BCUT2D eigenvalue weighted by Crippen LogP contribution is -2.47. The van der Waals surface area contributed by atoms with Crippen LogP contribution >= 0.6 is 0 Å². The van der Waals surface area contributed by atoms with Gasteiger partial charge in [0.1, 0.15) is 0 Å². The van der Waals surface area contributed by atoms with Gasteiger partial charge >= 0.3 is 0 Å². The average Bonchev–Trinajstić information content (AvgIpc) is 2.63. The van der Waals surface area contributed by atoms with Crippen LogP contribution in [0.25, 0.3) is 0 Å². The third-order valence-electron chi connectivity index (χ3n) is 4.31. The molecule has 2 aromatic rings. The molecule has 0 spiro atoms. The van der Waals surface area contributed by atoms with E-state index in [-0.39, 0.29) is 6.10 Å². The van der Waals surface area contributed by atoms with E-state index in [0.717, 1.165) is 32.1 Å². The Morgan fingerprint density at radius 2 is 2.22 bits per heavy atom. The number of anilines is 1. The molecule has 2 atom stereocenters. The van der Waals surface area contributed by atoms with E-state index >= 15 is 0 Å². The molecule has 1 aliphatic rings. The Morgan fingerprint density at radius 1 is 1.35 bits per heavy atom. The molecular weight excluding hydrogens is 290 g/mol. The monoisotopic (exact) mass is 313 g/mol. The lowest BCUT2D eigenvalue weighted by atomic mass is 10.1. The number of ether oxygens (including phenoxy) is 1. The zero-order valence-corrected chi connectivity index (χ0v) is 13.7. The molecule has 6 nitrogen and oxygen atoms in total. The summed E-state index contributed by atoms with van der Waals surface area (Å²) >= 11 is 0. The number of aromatic nitrogens is 3. The first-order valence-corrected chi connectivity index (χ1v) is 7.98. The Bertz CT molecular complexity index is 594. The molecule has 122 valence electrons. The zero-order valence-electron chi connectivity index (χ0n) is 13.7. The Hall–Kier alpha value is -2.05. The summed E-state index contributed by atoms with van der Waals surface area (Å²) in [5.41, 5.74) is 1.25.